The molecule has 1 amide bonds. The predicted molar refractivity (Wildman–Crippen MR) is 28.6 cm³/mol. The van der Waals surface area contributed by atoms with Gasteiger partial charge < -0.3 is 0 Å². The molecule has 7 heavy (non-hydrogen) atoms. The Balaban J connectivity index is 3.95. The molecule has 0 aromatic heterocycles. The van der Waals surface area contributed by atoms with Crippen LogP contribution in [0.5, 0.6) is 0 Å². The number of rotatable bonds is 0. The summed E-state index contributed by atoms with van der Waals surface area (Å²) in [7, 11) is -1.61. The SMILES string of the molecule is CC(=O)/N=[SH](\C)=O. The lowest BCUT2D eigenvalue weighted by Gasteiger charge is -1.72. The third-order valence-electron chi connectivity index (χ3n) is 0.282. The number of carbonyl (C=O) groups excluding carboxylic acids is 1. The lowest BCUT2D eigenvalue weighted by molar-refractivity contribution is -0.115. The van der Waals surface area contributed by atoms with E-state index in [-0.39, 0.29) is 5.91 Å². The Bertz CT molecular complexity index is 145. The predicted octanol–water partition coefficient (Wildman–Crippen LogP) is -0.173. The van der Waals surface area contributed by atoms with Gasteiger partial charge >= 0.3 is 0 Å². The molecule has 0 radical (unpaired) electrons. The van der Waals surface area contributed by atoms with Crippen LogP contribution >= 0.6 is 0 Å². The maximum absolute atomic E-state index is 10.0. The van der Waals surface area contributed by atoms with Gasteiger partial charge in [0.05, 0.1) is 0 Å². The van der Waals surface area contributed by atoms with Crippen LogP contribution in [0, 0.1) is 0 Å². The molecule has 3 nitrogen and oxygen atoms in total. The summed E-state index contributed by atoms with van der Waals surface area (Å²) in [5.74, 6) is -0.372. The van der Waals surface area contributed by atoms with E-state index in [4.69, 9.17) is 0 Å². The van der Waals surface area contributed by atoms with Crippen molar-refractivity contribution in [3.8, 4) is 0 Å². The number of carbonyl (C=O) groups is 1. The van der Waals surface area contributed by atoms with E-state index in [0.717, 1.165) is 0 Å². The molecule has 0 spiro atoms. The quantitative estimate of drug-likeness (QED) is 0.452. The van der Waals surface area contributed by atoms with Crippen LogP contribution < -0.4 is 0 Å². The molecule has 0 aliphatic heterocycles. The Hall–Kier alpha value is -0.380. The Kier molecular flexibility index (Phi) is 2.59. The first-order valence-corrected chi connectivity index (χ1v) is 3.42. The molecule has 0 rings (SSSR count). The van der Waals surface area contributed by atoms with E-state index >= 15 is 0 Å². The van der Waals surface area contributed by atoms with E-state index < -0.39 is 10.6 Å². The molecule has 42 valence electrons. The van der Waals surface area contributed by atoms with Crippen molar-refractivity contribution in [2.75, 3.05) is 6.26 Å². The minimum absolute atomic E-state index is 0.372. The van der Waals surface area contributed by atoms with Gasteiger partial charge in [0, 0.05) is 23.8 Å². The zero-order valence-corrected chi connectivity index (χ0v) is 5.11. The van der Waals surface area contributed by atoms with E-state index in [9.17, 15) is 9.00 Å². The van der Waals surface area contributed by atoms with Crippen molar-refractivity contribution in [2.24, 2.45) is 4.36 Å². The van der Waals surface area contributed by atoms with E-state index in [0.29, 0.717) is 0 Å². The second kappa shape index (κ2) is 2.74. The van der Waals surface area contributed by atoms with Crippen molar-refractivity contribution in [3.05, 3.63) is 0 Å². The monoisotopic (exact) mass is 121 g/mol. The fraction of sp³-hybridized carbons (Fsp3) is 0.667. The second-order valence-electron chi connectivity index (χ2n) is 1.08. The maximum Gasteiger partial charge on any atom is 0.250 e. The Morgan fingerprint density at radius 2 is 2.14 bits per heavy atom. The van der Waals surface area contributed by atoms with Crippen LogP contribution in [0.1, 0.15) is 6.92 Å². The lowest BCUT2D eigenvalue weighted by Crippen LogP contribution is -1.81. The van der Waals surface area contributed by atoms with E-state index in [1.807, 2.05) is 0 Å². The molecule has 0 N–H and O–H groups in total. The highest BCUT2D eigenvalue weighted by Gasteiger charge is 1.78. The first kappa shape index (κ1) is 6.62. The van der Waals surface area contributed by atoms with Gasteiger partial charge in [-0.3, -0.25) is 9.00 Å². The van der Waals surface area contributed by atoms with Crippen LogP contribution in [0.2, 0.25) is 0 Å². The van der Waals surface area contributed by atoms with Crippen LogP contribution in [0.25, 0.3) is 0 Å². The summed E-state index contributed by atoms with van der Waals surface area (Å²) in [6, 6.07) is 0. The fourth-order valence-corrected chi connectivity index (χ4v) is 0.595. The second-order valence-corrected chi connectivity index (χ2v) is 2.21. The molecule has 0 aromatic carbocycles. The molecule has 0 aliphatic rings. The van der Waals surface area contributed by atoms with Crippen molar-refractivity contribution in [3.63, 3.8) is 0 Å². The van der Waals surface area contributed by atoms with Crippen molar-refractivity contribution in [2.45, 2.75) is 6.92 Å². The smallest absolute Gasteiger partial charge is 0.250 e. The van der Waals surface area contributed by atoms with Gasteiger partial charge in [0.1, 0.15) is 0 Å². The number of amides is 1. The highest BCUT2D eigenvalue weighted by Crippen LogP contribution is 1.69. The van der Waals surface area contributed by atoms with Crippen LogP contribution in [0.4, 0.5) is 0 Å². The van der Waals surface area contributed by atoms with Crippen LogP contribution in [-0.2, 0) is 15.4 Å². The van der Waals surface area contributed by atoms with Crippen molar-refractivity contribution >= 4 is 16.5 Å². The molecular weight excluding hydrogens is 114 g/mol. The standard InChI is InChI=1S/C3H7NO2S/c1-3(5)4-7(2)6/h7H,1-2H3. The van der Waals surface area contributed by atoms with Gasteiger partial charge in [-0.2, -0.15) is 4.36 Å². The number of hydrogen-bond acceptors (Lipinski definition) is 2. The summed E-state index contributed by atoms with van der Waals surface area (Å²) < 4.78 is 13.2. The van der Waals surface area contributed by atoms with Crippen LogP contribution in [0.15, 0.2) is 4.36 Å². The van der Waals surface area contributed by atoms with Crippen molar-refractivity contribution in [1.82, 2.24) is 0 Å². The number of hydrogen-bond donors (Lipinski definition) is 1. The summed E-state index contributed by atoms with van der Waals surface area (Å²) in [4.78, 5) is 9.90. The molecule has 0 heterocycles. The zero-order chi connectivity index (χ0) is 5.86. The minimum atomic E-state index is -1.61. The van der Waals surface area contributed by atoms with Gasteiger partial charge in [0.2, 0.25) is 5.91 Å². The minimum Gasteiger partial charge on any atom is -0.272 e. The summed E-state index contributed by atoms with van der Waals surface area (Å²) >= 11 is 0. The van der Waals surface area contributed by atoms with Crippen LogP contribution in [0.3, 0.4) is 0 Å². The maximum atomic E-state index is 10.0. The van der Waals surface area contributed by atoms with Gasteiger partial charge in [-0.15, -0.1) is 0 Å². The molecule has 4 heteroatoms. The van der Waals surface area contributed by atoms with E-state index in [1.165, 1.54) is 13.2 Å². The molecule has 0 aromatic rings. The molecule has 0 saturated heterocycles. The highest BCUT2D eigenvalue weighted by molar-refractivity contribution is 7.74. The van der Waals surface area contributed by atoms with E-state index in [1.54, 1.807) is 0 Å². The average molecular weight is 121 g/mol. The van der Waals surface area contributed by atoms with Crippen LogP contribution in [-0.4, -0.2) is 16.4 Å². The first-order chi connectivity index (χ1) is 3.13. The lowest BCUT2D eigenvalue weighted by atomic mass is 10.8. The summed E-state index contributed by atoms with van der Waals surface area (Å²) in [5.41, 5.74) is 0. The largest absolute Gasteiger partial charge is 0.272 e. The third kappa shape index (κ3) is 5.62. The average Bonchev–Trinajstić information content (AvgIpc) is 1.27. The number of nitrogens with zero attached hydrogens (tertiary/aromatic N) is 1. The van der Waals surface area contributed by atoms with Crippen molar-refractivity contribution < 1.29 is 9.00 Å². The van der Waals surface area contributed by atoms with E-state index in [2.05, 4.69) is 4.36 Å². The zero-order valence-electron chi connectivity index (χ0n) is 4.21. The van der Waals surface area contributed by atoms with Gasteiger partial charge in [0.25, 0.3) is 0 Å². The fourth-order valence-electron chi connectivity index (χ4n) is 0.198. The Morgan fingerprint density at radius 3 is 2.14 bits per heavy atom. The molecule has 0 saturated carbocycles. The molecule has 0 fully saturated rings. The molecular formula is C3H7NO2S. The Labute approximate surface area is 43.9 Å². The summed E-state index contributed by atoms with van der Waals surface area (Å²) in [6.45, 7) is 1.27. The van der Waals surface area contributed by atoms with Gasteiger partial charge in [-0.05, 0) is 0 Å². The molecule has 1 unspecified atom stereocenters. The van der Waals surface area contributed by atoms with Crippen molar-refractivity contribution in [1.29, 1.82) is 0 Å². The molecule has 0 aliphatic carbocycles. The third-order valence-corrected chi connectivity index (χ3v) is 0.845. The Morgan fingerprint density at radius 1 is 1.71 bits per heavy atom. The summed E-state index contributed by atoms with van der Waals surface area (Å²) in [6.07, 6.45) is 1.39. The van der Waals surface area contributed by atoms with Gasteiger partial charge in [-0.1, -0.05) is 0 Å². The van der Waals surface area contributed by atoms with Gasteiger partial charge in [0.15, 0.2) is 0 Å². The normalized spacial score (nSPS) is 14.0. The molecule has 0 bridgehead atoms. The van der Waals surface area contributed by atoms with Gasteiger partial charge in [-0.25, -0.2) is 0 Å². The molecule has 1 atom stereocenters. The number of thiol groups is 1. The highest BCUT2D eigenvalue weighted by atomic mass is 32.2. The summed E-state index contributed by atoms with van der Waals surface area (Å²) in [5, 5.41) is 0. The first-order valence-electron chi connectivity index (χ1n) is 1.76. The topological polar surface area (TPSA) is 46.5 Å².